The first-order chi connectivity index (χ1) is 8.84. The highest BCUT2D eigenvalue weighted by atomic mass is 16.3. The van der Waals surface area contributed by atoms with Crippen LogP contribution in [0.15, 0.2) is 42.5 Å². The minimum Gasteiger partial charge on any atom is -0.388 e. The molecule has 2 aromatic carbocycles. The van der Waals surface area contributed by atoms with Crippen molar-refractivity contribution in [1.82, 2.24) is 5.32 Å². The molecule has 0 bridgehead atoms. The van der Waals surface area contributed by atoms with Gasteiger partial charge in [0.1, 0.15) is 0 Å². The van der Waals surface area contributed by atoms with Crippen molar-refractivity contribution in [2.45, 2.75) is 18.9 Å². The maximum absolute atomic E-state index is 10.5. The molecule has 0 spiro atoms. The van der Waals surface area contributed by atoms with Gasteiger partial charge in [0.05, 0.1) is 6.10 Å². The third-order valence-corrected chi connectivity index (χ3v) is 3.90. The van der Waals surface area contributed by atoms with E-state index < -0.39 is 0 Å². The lowest BCUT2D eigenvalue weighted by atomic mass is 9.89. The molecule has 0 aromatic heterocycles. The Bertz CT molecular complexity index is 531. The van der Waals surface area contributed by atoms with E-state index in [9.17, 15) is 5.11 Å². The summed E-state index contributed by atoms with van der Waals surface area (Å²) in [7, 11) is 0. The summed E-state index contributed by atoms with van der Waals surface area (Å²) in [6, 6.07) is 14.6. The number of aliphatic hydroxyl groups is 1. The van der Waals surface area contributed by atoms with E-state index in [0.29, 0.717) is 5.92 Å². The summed E-state index contributed by atoms with van der Waals surface area (Å²) in [5, 5.41) is 16.3. The second kappa shape index (κ2) is 5.09. The number of aliphatic hydroxyl groups excluding tert-OH is 1. The third kappa shape index (κ3) is 2.26. The van der Waals surface area contributed by atoms with Crippen molar-refractivity contribution in [3.8, 4) is 0 Å². The highest BCUT2D eigenvalue weighted by Crippen LogP contribution is 2.29. The van der Waals surface area contributed by atoms with Crippen molar-refractivity contribution < 1.29 is 5.11 Å². The van der Waals surface area contributed by atoms with Crippen molar-refractivity contribution in [2.24, 2.45) is 5.92 Å². The molecule has 1 fully saturated rings. The number of nitrogens with one attached hydrogen (secondary N) is 1. The van der Waals surface area contributed by atoms with Crippen LogP contribution in [0.25, 0.3) is 10.8 Å². The van der Waals surface area contributed by atoms with Gasteiger partial charge in [-0.1, -0.05) is 36.4 Å². The van der Waals surface area contributed by atoms with E-state index in [-0.39, 0.29) is 6.10 Å². The highest BCUT2D eigenvalue weighted by Gasteiger charge is 2.22. The second-order valence-corrected chi connectivity index (χ2v) is 5.16. The van der Waals surface area contributed by atoms with Crippen LogP contribution in [0.5, 0.6) is 0 Å². The molecular weight excluding hydrogens is 222 g/mol. The van der Waals surface area contributed by atoms with Crippen LogP contribution in [0.1, 0.15) is 24.5 Å². The second-order valence-electron chi connectivity index (χ2n) is 5.16. The van der Waals surface area contributed by atoms with Gasteiger partial charge in [0.2, 0.25) is 0 Å². The molecule has 0 saturated carbocycles. The maximum atomic E-state index is 10.5. The zero-order chi connectivity index (χ0) is 12.4. The van der Waals surface area contributed by atoms with Crippen LogP contribution in [0.2, 0.25) is 0 Å². The Morgan fingerprint density at radius 3 is 2.72 bits per heavy atom. The summed E-state index contributed by atoms with van der Waals surface area (Å²) in [4.78, 5) is 0. The number of hydrogen-bond donors (Lipinski definition) is 2. The van der Waals surface area contributed by atoms with Crippen molar-refractivity contribution in [3.05, 3.63) is 48.0 Å². The molecule has 2 N–H and O–H groups in total. The molecule has 2 aromatic rings. The number of fused-ring (bicyclic) bond motifs is 1. The Labute approximate surface area is 108 Å². The molecule has 3 rings (SSSR count). The number of hydrogen-bond acceptors (Lipinski definition) is 2. The molecule has 0 aliphatic carbocycles. The minimum atomic E-state index is -0.345. The summed E-state index contributed by atoms with van der Waals surface area (Å²) < 4.78 is 0. The molecule has 2 heteroatoms. The van der Waals surface area contributed by atoms with Gasteiger partial charge in [-0.3, -0.25) is 0 Å². The van der Waals surface area contributed by atoms with Gasteiger partial charge in [0.15, 0.2) is 0 Å². The Morgan fingerprint density at radius 1 is 1.11 bits per heavy atom. The molecule has 2 unspecified atom stereocenters. The van der Waals surface area contributed by atoms with Crippen molar-refractivity contribution in [2.75, 3.05) is 13.1 Å². The molecule has 18 heavy (non-hydrogen) atoms. The largest absolute Gasteiger partial charge is 0.388 e. The zero-order valence-corrected chi connectivity index (χ0v) is 10.5. The lowest BCUT2D eigenvalue weighted by Crippen LogP contribution is -2.33. The quantitative estimate of drug-likeness (QED) is 0.847. The van der Waals surface area contributed by atoms with E-state index >= 15 is 0 Å². The van der Waals surface area contributed by atoms with E-state index in [1.807, 2.05) is 12.1 Å². The standard InChI is InChI=1S/C16H19NO/c18-16(15-6-3-9-17-11-15)14-8-7-12-4-1-2-5-13(12)10-14/h1-2,4-5,7-8,10,15-18H,3,6,9,11H2. The average molecular weight is 241 g/mol. The van der Waals surface area contributed by atoms with Crippen LogP contribution in [0.4, 0.5) is 0 Å². The zero-order valence-electron chi connectivity index (χ0n) is 10.5. The van der Waals surface area contributed by atoms with Crippen LogP contribution in [0, 0.1) is 5.92 Å². The minimum absolute atomic E-state index is 0.345. The Hall–Kier alpha value is -1.38. The molecule has 94 valence electrons. The summed E-state index contributed by atoms with van der Waals surface area (Å²) >= 11 is 0. The molecule has 1 saturated heterocycles. The number of piperidine rings is 1. The van der Waals surface area contributed by atoms with Gasteiger partial charge in [-0.2, -0.15) is 0 Å². The topological polar surface area (TPSA) is 32.3 Å². The fraction of sp³-hybridized carbons (Fsp3) is 0.375. The van der Waals surface area contributed by atoms with E-state index in [1.54, 1.807) is 0 Å². The first-order valence-electron chi connectivity index (χ1n) is 6.72. The molecule has 2 atom stereocenters. The monoisotopic (exact) mass is 241 g/mol. The Morgan fingerprint density at radius 2 is 1.94 bits per heavy atom. The fourth-order valence-electron chi connectivity index (χ4n) is 2.81. The molecule has 1 aliphatic rings. The molecule has 0 radical (unpaired) electrons. The molecule has 2 nitrogen and oxygen atoms in total. The predicted octanol–water partition coefficient (Wildman–Crippen LogP) is 2.87. The van der Waals surface area contributed by atoms with E-state index in [4.69, 9.17) is 0 Å². The van der Waals surface area contributed by atoms with Gasteiger partial charge in [0, 0.05) is 12.5 Å². The van der Waals surface area contributed by atoms with E-state index in [1.165, 1.54) is 10.8 Å². The normalized spacial score (nSPS) is 21.9. The first kappa shape index (κ1) is 11.7. The van der Waals surface area contributed by atoms with Gasteiger partial charge in [-0.15, -0.1) is 0 Å². The van der Waals surface area contributed by atoms with Crippen LogP contribution in [0.3, 0.4) is 0 Å². The van der Waals surface area contributed by atoms with Gasteiger partial charge in [-0.25, -0.2) is 0 Å². The summed E-state index contributed by atoms with van der Waals surface area (Å²) in [6.07, 6.45) is 1.93. The number of rotatable bonds is 2. The summed E-state index contributed by atoms with van der Waals surface area (Å²) in [6.45, 7) is 2.01. The highest BCUT2D eigenvalue weighted by molar-refractivity contribution is 5.83. The summed E-state index contributed by atoms with van der Waals surface area (Å²) in [5.74, 6) is 0.347. The van der Waals surface area contributed by atoms with Crippen LogP contribution < -0.4 is 5.32 Å². The fourth-order valence-corrected chi connectivity index (χ4v) is 2.81. The average Bonchev–Trinajstić information content (AvgIpc) is 2.47. The molecule has 0 amide bonds. The predicted molar refractivity (Wildman–Crippen MR) is 74.5 cm³/mol. The van der Waals surface area contributed by atoms with Gasteiger partial charge in [-0.05, 0) is 41.8 Å². The Balaban J connectivity index is 1.88. The van der Waals surface area contributed by atoms with Crippen molar-refractivity contribution >= 4 is 10.8 Å². The van der Waals surface area contributed by atoms with Gasteiger partial charge >= 0.3 is 0 Å². The lowest BCUT2D eigenvalue weighted by molar-refractivity contribution is 0.0923. The molecule has 1 heterocycles. The van der Waals surface area contributed by atoms with Crippen molar-refractivity contribution in [1.29, 1.82) is 0 Å². The summed E-state index contributed by atoms with van der Waals surface area (Å²) in [5.41, 5.74) is 1.04. The third-order valence-electron chi connectivity index (χ3n) is 3.90. The van der Waals surface area contributed by atoms with E-state index in [0.717, 1.165) is 31.5 Å². The first-order valence-corrected chi connectivity index (χ1v) is 6.72. The maximum Gasteiger partial charge on any atom is 0.0830 e. The Kier molecular flexibility index (Phi) is 3.31. The van der Waals surface area contributed by atoms with Crippen LogP contribution >= 0.6 is 0 Å². The lowest BCUT2D eigenvalue weighted by Gasteiger charge is -2.27. The molecular formula is C16H19NO. The van der Waals surface area contributed by atoms with E-state index in [2.05, 4.69) is 35.6 Å². The van der Waals surface area contributed by atoms with Gasteiger partial charge in [0.25, 0.3) is 0 Å². The van der Waals surface area contributed by atoms with Crippen LogP contribution in [-0.2, 0) is 0 Å². The molecule has 1 aliphatic heterocycles. The van der Waals surface area contributed by atoms with Crippen molar-refractivity contribution in [3.63, 3.8) is 0 Å². The number of benzene rings is 2. The van der Waals surface area contributed by atoms with Crippen LogP contribution in [-0.4, -0.2) is 18.2 Å². The SMILES string of the molecule is OC(c1ccc2ccccc2c1)C1CCCNC1. The smallest absolute Gasteiger partial charge is 0.0830 e. The van der Waals surface area contributed by atoms with Gasteiger partial charge < -0.3 is 10.4 Å².